The summed E-state index contributed by atoms with van der Waals surface area (Å²) in [7, 11) is 1.37. The molecule has 10 nitrogen and oxygen atoms in total. The minimum Gasteiger partial charge on any atom is -0.444 e. The lowest BCUT2D eigenvalue weighted by atomic mass is 9.69. The van der Waals surface area contributed by atoms with Gasteiger partial charge in [-0.25, -0.2) is 22.8 Å². The van der Waals surface area contributed by atoms with Gasteiger partial charge in [-0.2, -0.15) is 0 Å². The van der Waals surface area contributed by atoms with Crippen LogP contribution < -0.4 is 15.9 Å². The summed E-state index contributed by atoms with van der Waals surface area (Å²) in [6, 6.07) is 1.95. The molecule has 3 amide bonds. The summed E-state index contributed by atoms with van der Waals surface area (Å²) in [5.74, 6) is -5.03. The van der Waals surface area contributed by atoms with Crippen molar-refractivity contribution in [2.24, 2.45) is 12.5 Å². The topological polar surface area (TPSA) is 106 Å². The Bertz CT molecular complexity index is 1400. The fourth-order valence-electron chi connectivity index (χ4n) is 5.64. The minimum absolute atomic E-state index is 0.0317. The number of anilines is 1. The molecule has 0 bridgehead atoms. The molecule has 4 heterocycles. The largest absolute Gasteiger partial charge is 0.444 e. The number of rotatable bonds is 2. The first-order valence-electron chi connectivity index (χ1n) is 12.5. The molecule has 1 aromatic heterocycles. The number of halogens is 3. The number of aryl methyl sites for hydroxylation is 1. The zero-order valence-corrected chi connectivity index (χ0v) is 21.6. The molecule has 2 aromatic rings. The number of piperidine rings is 2. The van der Waals surface area contributed by atoms with Crippen LogP contribution in [0.3, 0.4) is 0 Å². The van der Waals surface area contributed by atoms with Crippen LogP contribution in [0.4, 0.5) is 23.7 Å². The van der Waals surface area contributed by atoms with Gasteiger partial charge in [0, 0.05) is 33.1 Å². The zero-order valence-electron chi connectivity index (χ0n) is 21.6. The van der Waals surface area contributed by atoms with E-state index in [1.165, 1.54) is 28.6 Å². The van der Waals surface area contributed by atoms with Gasteiger partial charge in [0.1, 0.15) is 17.2 Å². The maximum Gasteiger partial charge on any atom is 0.410 e. The number of likely N-dealkylation sites (tertiary alicyclic amines) is 1. The van der Waals surface area contributed by atoms with Crippen LogP contribution in [0, 0.1) is 11.2 Å². The van der Waals surface area contributed by atoms with Gasteiger partial charge < -0.3 is 14.5 Å². The first-order valence-corrected chi connectivity index (χ1v) is 12.5. The first kappa shape index (κ1) is 26.1. The van der Waals surface area contributed by atoms with E-state index in [0.717, 1.165) is 9.47 Å². The maximum absolute atomic E-state index is 15.8. The van der Waals surface area contributed by atoms with Gasteiger partial charge in [0.2, 0.25) is 11.8 Å². The summed E-state index contributed by atoms with van der Waals surface area (Å²) in [5.41, 5.74) is -2.64. The number of nitrogens with zero attached hydrogens (tertiary/aromatic N) is 4. The number of hydrogen-bond donors (Lipinski definition) is 1. The fraction of sp³-hybridized carbons (Fsp3) is 0.600. The molecule has 206 valence electrons. The van der Waals surface area contributed by atoms with E-state index in [-0.39, 0.29) is 55.6 Å². The predicted molar refractivity (Wildman–Crippen MR) is 131 cm³/mol. The second-order valence-electron chi connectivity index (χ2n) is 11.4. The summed E-state index contributed by atoms with van der Waals surface area (Å²) in [4.78, 5) is 51.7. The highest BCUT2D eigenvalue weighted by molar-refractivity contribution is 6.00. The molecule has 1 aromatic carbocycles. The lowest BCUT2D eigenvalue weighted by Crippen LogP contribution is -2.71. The van der Waals surface area contributed by atoms with E-state index in [9.17, 15) is 19.2 Å². The van der Waals surface area contributed by atoms with Crippen LogP contribution in [0.25, 0.3) is 11.0 Å². The Morgan fingerprint density at radius 1 is 1.13 bits per heavy atom. The van der Waals surface area contributed by atoms with Crippen LogP contribution in [0.2, 0.25) is 0 Å². The molecule has 0 aliphatic carbocycles. The highest BCUT2D eigenvalue weighted by Gasteiger charge is 2.63. The van der Waals surface area contributed by atoms with E-state index in [1.54, 1.807) is 20.8 Å². The summed E-state index contributed by atoms with van der Waals surface area (Å²) in [6.07, 6.45) is -0.600. The number of carbonyl (C=O) groups excluding carboxylic acids is 3. The van der Waals surface area contributed by atoms with Gasteiger partial charge in [-0.15, -0.1) is 0 Å². The third-order valence-electron chi connectivity index (χ3n) is 7.69. The molecule has 3 aliphatic heterocycles. The van der Waals surface area contributed by atoms with Crippen molar-refractivity contribution in [1.82, 2.24) is 19.4 Å². The fourth-order valence-corrected chi connectivity index (χ4v) is 5.64. The first-order chi connectivity index (χ1) is 17.6. The smallest absolute Gasteiger partial charge is 0.410 e. The van der Waals surface area contributed by atoms with E-state index in [1.807, 2.05) is 0 Å². The van der Waals surface area contributed by atoms with Crippen LogP contribution in [0.1, 0.15) is 46.1 Å². The molecule has 1 spiro atoms. The minimum atomic E-state index is -3.21. The lowest BCUT2D eigenvalue weighted by molar-refractivity contribution is -0.176. The number of imidazole rings is 1. The number of benzene rings is 1. The van der Waals surface area contributed by atoms with Crippen molar-refractivity contribution >= 4 is 34.6 Å². The summed E-state index contributed by atoms with van der Waals surface area (Å²) < 4.78 is 53.9. The zero-order chi connectivity index (χ0) is 27.8. The van der Waals surface area contributed by atoms with Crippen molar-refractivity contribution in [3.8, 4) is 0 Å². The molecule has 3 saturated heterocycles. The van der Waals surface area contributed by atoms with Crippen molar-refractivity contribution in [3.63, 3.8) is 0 Å². The van der Waals surface area contributed by atoms with E-state index in [4.69, 9.17) is 4.74 Å². The summed E-state index contributed by atoms with van der Waals surface area (Å²) >= 11 is 0. The Morgan fingerprint density at radius 2 is 1.82 bits per heavy atom. The second kappa shape index (κ2) is 8.50. The Morgan fingerprint density at radius 3 is 2.42 bits per heavy atom. The normalized spacial score (nSPS) is 23.0. The summed E-state index contributed by atoms with van der Waals surface area (Å²) in [5, 5.41) is 2.20. The van der Waals surface area contributed by atoms with Crippen molar-refractivity contribution in [1.29, 1.82) is 0 Å². The lowest BCUT2D eigenvalue weighted by Gasteiger charge is -2.58. The van der Waals surface area contributed by atoms with Crippen molar-refractivity contribution in [2.45, 2.75) is 57.6 Å². The third kappa shape index (κ3) is 4.02. The summed E-state index contributed by atoms with van der Waals surface area (Å²) in [6.45, 7) is 4.08. The highest BCUT2D eigenvalue weighted by Crippen LogP contribution is 2.52. The van der Waals surface area contributed by atoms with E-state index in [2.05, 4.69) is 5.32 Å². The van der Waals surface area contributed by atoms with Gasteiger partial charge in [0.05, 0.1) is 23.2 Å². The molecule has 38 heavy (non-hydrogen) atoms. The molecule has 0 saturated carbocycles. The SMILES string of the molecule is Cn1c(=O)n(C2CCC(=O)NC2=O)c2ccc(N3CC4(CCN(C(=O)OC(C)(C)C)CC4(F)F)C3)c(F)c21. The Labute approximate surface area is 216 Å². The molecule has 3 aliphatic rings. The van der Waals surface area contributed by atoms with E-state index in [0.29, 0.717) is 0 Å². The monoisotopic (exact) mass is 537 g/mol. The average molecular weight is 538 g/mol. The molecular weight excluding hydrogens is 507 g/mol. The Hall–Kier alpha value is -3.51. The van der Waals surface area contributed by atoms with Gasteiger partial charge in [-0.1, -0.05) is 0 Å². The number of alkyl halides is 2. The van der Waals surface area contributed by atoms with Crippen molar-refractivity contribution in [3.05, 3.63) is 28.4 Å². The molecule has 13 heteroatoms. The van der Waals surface area contributed by atoms with Crippen LogP contribution in [-0.4, -0.2) is 69.6 Å². The van der Waals surface area contributed by atoms with Crippen LogP contribution in [0.15, 0.2) is 16.9 Å². The van der Waals surface area contributed by atoms with E-state index < -0.39 is 58.9 Å². The van der Waals surface area contributed by atoms with Gasteiger partial charge in [0.25, 0.3) is 5.92 Å². The van der Waals surface area contributed by atoms with Gasteiger partial charge >= 0.3 is 11.8 Å². The molecule has 0 radical (unpaired) electrons. The van der Waals surface area contributed by atoms with Crippen LogP contribution in [0.5, 0.6) is 0 Å². The second-order valence-corrected chi connectivity index (χ2v) is 11.4. The number of amides is 3. The number of carbonyl (C=O) groups is 3. The van der Waals surface area contributed by atoms with Crippen molar-refractivity contribution in [2.75, 3.05) is 31.1 Å². The number of aromatic nitrogens is 2. The quantitative estimate of drug-likeness (QED) is 0.591. The van der Waals surface area contributed by atoms with E-state index >= 15 is 13.2 Å². The molecule has 3 fully saturated rings. The molecule has 1 atom stereocenters. The Balaban J connectivity index is 1.38. The maximum atomic E-state index is 15.8. The van der Waals surface area contributed by atoms with Gasteiger partial charge in [-0.3, -0.25) is 24.0 Å². The molecule has 1 N–H and O–H groups in total. The van der Waals surface area contributed by atoms with Crippen molar-refractivity contribution < 1.29 is 32.3 Å². The average Bonchev–Trinajstić information content (AvgIpc) is 3.02. The number of nitrogens with one attached hydrogen (secondary N) is 1. The molecular formula is C25H30F3N5O5. The van der Waals surface area contributed by atoms with Gasteiger partial charge in [-0.05, 0) is 45.7 Å². The number of imide groups is 1. The number of fused-ring (bicyclic) bond motifs is 1. The molecule has 5 rings (SSSR count). The predicted octanol–water partition coefficient (Wildman–Crippen LogP) is 2.54. The standard InChI is InChI=1S/C25H30F3N5O5/c1-23(2,3)38-22(37)31-10-9-24(25(27,28)13-31)11-32(12-24)14-5-6-15-19(18(14)26)30(4)21(36)33(15)16-7-8-17(34)29-20(16)35/h5-6,16H,7-13H2,1-4H3,(H,29,34,35). The highest BCUT2D eigenvalue weighted by atomic mass is 19.3. The molecule has 1 unspecified atom stereocenters. The van der Waals surface area contributed by atoms with Crippen LogP contribution >= 0.6 is 0 Å². The number of ether oxygens (including phenoxy) is 1. The Kier molecular flexibility index (Phi) is 5.84. The number of hydrogen-bond acceptors (Lipinski definition) is 6. The van der Waals surface area contributed by atoms with Gasteiger partial charge in [0.15, 0.2) is 5.82 Å². The third-order valence-corrected chi connectivity index (χ3v) is 7.69. The van der Waals surface area contributed by atoms with Crippen LogP contribution in [-0.2, 0) is 21.4 Å².